The highest BCUT2D eigenvalue weighted by atomic mass is 32.1. The van der Waals surface area contributed by atoms with E-state index < -0.39 is 17.7 Å². The Bertz CT molecular complexity index is 683. The fourth-order valence-electron chi connectivity index (χ4n) is 1.77. The van der Waals surface area contributed by atoms with Crippen molar-refractivity contribution in [2.75, 3.05) is 23.6 Å². The molecular weight excluding hydrogens is 315 g/mol. The number of nitrogens with one attached hydrogen (secondary N) is 2. The summed E-state index contributed by atoms with van der Waals surface area (Å²) in [7, 11) is 0. The molecule has 4 N–H and O–H groups in total. The Hall–Kier alpha value is -2.08. The first kappa shape index (κ1) is 15.3. The van der Waals surface area contributed by atoms with E-state index in [-0.39, 0.29) is 36.0 Å². The Labute approximate surface area is 120 Å². The van der Waals surface area contributed by atoms with Crippen LogP contribution >= 0.6 is 12.2 Å². The van der Waals surface area contributed by atoms with E-state index in [1.807, 2.05) is 0 Å². The smallest absolute Gasteiger partial charge is 0.357 e. The lowest BCUT2D eigenvalue weighted by atomic mass is 10.4. The van der Waals surface area contributed by atoms with Crippen LogP contribution in [-0.4, -0.2) is 34.9 Å². The van der Waals surface area contributed by atoms with Crippen LogP contribution in [0.3, 0.4) is 0 Å². The minimum absolute atomic E-state index is 0.0408. The summed E-state index contributed by atoms with van der Waals surface area (Å²) in [6, 6.07) is 0. The average molecular weight is 325 g/mol. The summed E-state index contributed by atoms with van der Waals surface area (Å²) in [5, 5.41) is 3.15. The van der Waals surface area contributed by atoms with Crippen LogP contribution in [-0.2, 0) is 16.2 Å². The zero-order chi connectivity index (χ0) is 15.8. The summed E-state index contributed by atoms with van der Waals surface area (Å²) < 4.78 is 38.0. The van der Waals surface area contributed by atoms with Gasteiger partial charge in [0.15, 0.2) is 10.6 Å². The monoisotopic (exact) mass is 325 g/mol. The summed E-state index contributed by atoms with van der Waals surface area (Å²) in [5.41, 5.74) is 4.71. The van der Waals surface area contributed by atoms with Gasteiger partial charge in [-0.3, -0.25) is 14.3 Å². The molecule has 1 aromatic heterocycles. The molecule has 0 saturated carbocycles. The molecule has 116 valence electrons. The Morgan fingerprint density at radius 3 is 2.71 bits per heavy atom. The van der Waals surface area contributed by atoms with Crippen LogP contribution in [0.2, 0.25) is 0 Å². The predicted molar refractivity (Wildman–Crippen MR) is 68.1 cm³/mol. The third-order valence-electron chi connectivity index (χ3n) is 2.58. The van der Waals surface area contributed by atoms with E-state index in [2.05, 4.69) is 15.1 Å². The molecule has 0 aromatic carbocycles. The van der Waals surface area contributed by atoms with Crippen molar-refractivity contribution in [1.82, 2.24) is 9.55 Å². The molecule has 0 radical (unpaired) electrons. The van der Waals surface area contributed by atoms with Gasteiger partial charge in [0.2, 0.25) is 0 Å². The molecule has 0 aliphatic carbocycles. The SMILES string of the molecule is NCCn1c2c(c(=O)[nH]c1=S)NCN2OC(=O)C(F)(F)F. The second-order valence-electron chi connectivity index (χ2n) is 3.99. The lowest BCUT2D eigenvalue weighted by molar-refractivity contribution is -0.201. The number of carbonyl (C=O) groups excluding carboxylic acids is 1. The molecule has 0 unspecified atom stereocenters. The van der Waals surface area contributed by atoms with Crippen molar-refractivity contribution in [1.29, 1.82) is 0 Å². The van der Waals surface area contributed by atoms with Crippen molar-refractivity contribution in [3.05, 3.63) is 15.1 Å². The molecule has 0 amide bonds. The minimum Gasteiger partial charge on any atom is -0.357 e. The molecule has 0 atom stereocenters. The largest absolute Gasteiger partial charge is 0.493 e. The summed E-state index contributed by atoms with van der Waals surface area (Å²) >= 11 is 4.92. The van der Waals surface area contributed by atoms with E-state index in [4.69, 9.17) is 18.0 Å². The maximum atomic E-state index is 12.2. The van der Waals surface area contributed by atoms with E-state index in [0.717, 1.165) is 0 Å². The maximum absolute atomic E-state index is 12.2. The van der Waals surface area contributed by atoms with Crippen molar-refractivity contribution in [3.63, 3.8) is 0 Å². The lowest BCUT2D eigenvalue weighted by Gasteiger charge is -2.20. The van der Waals surface area contributed by atoms with E-state index in [1.54, 1.807) is 0 Å². The molecule has 21 heavy (non-hydrogen) atoms. The topological polar surface area (TPSA) is 105 Å². The number of nitrogens with zero attached hydrogens (tertiary/aromatic N) is 2. The van der Waals surface area contributed by atoms with Gasteiger partial charge in [-0.2, -0.15) is 18.2 Å². The van der Waals surface area contributed by atoms with Crippen LogP contribution in [0.1, 0.15) is 0 Å². The van der Waals surface area contributed by atoms with E-state index in [9.17, 15) is 22.8 Å². The quantitative estimate of drug-likeness (QED) is 0.676. The number of alkyl halides is 3. The van der Waals surface area contributed by atoms with Gasteiger partial charge >= 0.3 is 12.1 Å². The first-order valence-corrected chi connectivity index (χ1v) is 6.04. The molecule has 0 fully saturated rings. The molecule has 1 aliphatic heterocycles. The Kier molecular flexibility index (Phi) is 3.91. The van der Waals surface area contributed by atoms with Gasteiger partial charge in [-0.05, 0) is 12.2 Å². The van der Waals surface area contributed by atoms with Crippen LogP contribution < -0.4 is 21.7 Å². The zero-order valence-electron chi connectivity index (χ0n) is 10.4. The van der Waals surface area contributed by atoms with E-state index >= 15 is 0 Å². The van der Waals surface area contributed by atoms with Gasteiger partial charge in [0, 0.05) is 13.1 Å². The molecular formula is C9H10F3N5O3S. The predicted octanol–water partition coefficient (Wildman–Crippen LogP) is 0.0745. The van der Waals surface area contributed by atoms with Crippen molar-refractivity contribution >= 4 is 29.7 Å². The normalized spacial score (nSPS) is 13.8. The molecule has 0 bridgehead atoms. The number of aromatic amines is 1. The fourth-order valence-corrected chi connectivity index (χ4v) is 2.04. The number of aromatic nitrogens is 2. The summed E-state index contributed by atoms with van der Waals surface area (Å²) in [6.07, 6.45) is -5.15. The molecule has 8 nitrogen and oxygen atoms in total. The molecule has 1 aromatic rings. The highest BCUT2D eigenvalue weighted by Gasteiger charge is 2.44. The minimum atomic E-state index is -5.15. The molecule has 0 spiro atoms. The Balaban J connectivity index is 2.45. The number of fused-ring (bicyclic) bond motifs is 1. The number of hydrogen-bond donors (Lipinski definition) is 3. The van der Waals surface area contributed by atoms with Gasteiger partial charge < -0.3 is 15.9 Å². The second kappa shape index (κ2) is 5.37. The van der Waals surface area contributed by atoms with Gasteiger partial charge in [-0.25, -0.2) is 4.79 Å². The highest BCUT2D eigenvalue weighted by molar-refractivity contribution is 7.71. The van der Waals surface area contributed by atoms with Gasteiger partial charge in [0.1, 0.15) is 12.4 Å². The third-order valence-corrected chi connectivity index (χ3v) is 2.91. The van der Waals surface area contributed by atoms with E-state index in [1.165, 1.54) is 4.57 Å². The summed E-state index contributed by atoms with van der Waals surface area (Å²) in [6.45, 7) is -0.0723. The van der Waals surface area contributed by atoms with Gasteiger partial charge in [-0.15, -0.1) is 0 Å². The lowest BCUT2D eigenvalue weighted by Crippen LogP contribution is -2.36. The summed E-state index contributed by atoms with van der Waals surface area (Å²) in [4.78, 5) is 29.2. The van der Waals surface area contributed by atoms with E-state index in [0.29, 0.717) is 5.06 Å². The van der Waals surface area contributed by atoms with Gasteiger partial charge in [0.05, 0.1) is 0 Å². The molecule has 2 rings (SSSR count). The van der Waals surface area contributed by atoms with Crippen LogP contribution in [0.25, 0.3) is 0 Å². The first-order valence-electron chi connectivity index (χ1n) is 5.63. The Morgan fingerprint density at radius 2 is 2.14 bits per heavy atom. The number of halogens is 3. The van der Waals surface area contributed by atoms with Crippen LogP contribution in [0.4, 0.5) is 24.7 Å². The number of nitrogens with two attached hydrogens (primary N) is 1. The molecule has 12 heteroatoms. The molecule has 1 aliphatic rings. The maximum Gasteiger partial charge on any atom is 0.493 e. The molecule has 0 saturated heterocycles. The van der Waals surface area contributed by atoms with Crippen LogP contribution in [0.5, 0.6) is 0 Å². The van der Waals surface area contributed by atoms with Gasteiger partial charge in [-0.1, -0.05) is 0 Å². The third kappa shape index (κ3) is 2.85. The van der Waals surface area contributed by atoms with Crippen molar-refractivity contribution in [3.8, 4) is 0 Å². The van der Waals surface area contributed by atoms with Gasteiger partial charge in [0.25, 0.3) is 5.56 Å². The number of hydrogen-bond acceptors (Lipinski definition) is 7. The average Bonchev–Trinajstić information content (AvgIpc) is 2.77. The number of hydroxylamine groups is 1. The standard InChI is InChI=1S/C9H10F3N5O3S/c10-9(11,12)7(19)20-17-3-14-4-5(18)15-8(21)16(2-1-13)6(4)17/h14H,1-3,13H2,(H,15,18,21). The van der Waals surface area contributed by atoms with Crippen LogP contribution in [0, 0.1) is 4.77 Å². The second-order valence-corrected chi connectivity index (χ2v) is 4.37. The first-order chi connectivity index (χ1) is 9.75. The van der Waals surface area contributed by atoms with Crippen molar-refractivity contribution in [2.45, 2.75) is 12.7 Å². The van der Waals surface area contributed by atoms with Crippen LogP contribution in [0.15, 0.2) is 4.79 Å². The Morgan fingerprint density at radius 1 is 1.48 bits per heavy atom. The highest BCUT2D eigenvalue weighted by Crippen LogP contribution is 2.29. The number of anilines is 2. The fraction of sp³-hybridized carbons (Fsp3) is 0.444. The van der Waals surface area contributed by atoms with Crippen molar-refractivity contribution in [2.24, 2.45) is 5.73 Å². The summed E-state index contributed by atoms with van der Waals surface area (Å²) in [5.74, 6) is -2.48. The molecule has 2 heterocycles. The number of H-pyrrole nitrogens is 1. The number of rotatable bonds is 3. The number of carbonyl (C=O) groups is 1. The van der Waals surface area contributed by atoms with Crippen molar-refractivity contribution < 1.29 is 22.8 Å². The zero-order valence-corrected chi connectivity index (χ0v) is 11.2.